The summed E-state index contributed by atoms with van der Waals surface area (Å²) in [5.41, 5.74) is -7.19. The molecule has 0 unspecified atom stereocenters. The van der Waals surface area contributed by atoms with Crippen LogP contribution in [0.15, 0.2) is 42.6 Å². The first kappa shape index (κ1) is 22.5. The average Bonchev–Trinajstić information content (AvgIpc) is 3.25. The van der Waals surface area contributed by atoms with Crippen molar-refractivity contribution in [3.8, 4) is 17.0 Å². The number of β-amino-alcohol motifs (C(OH)–C–C–N with tert-alkyl or cyclic N) is 1. The van der Waals surface area contributed by atoms with E-state index in [1.54, 1.807) is 0 Å². The Kier molecular flexibility index (Phi) is 5.65. The summed E-state index contributed by atoms with van der Waals surface area (Å²) in [6, 6.07) is 3.17. The molecule has 0 atom stereocenters. The first-order chi connectivity index (χ1) is 18.4. The van der Waals surface area contributed by atoms with Crippen molar-refractivity contribution in [2.24, 2.45) is 0 Å². The summed E-state index contributed by atoms with van der Waals surface area (Å²) in [6.07, 6.45) is -11.8. The fourth-order valence-corrected chi connectivity index (χ4v) is 3.46. The first-order valence-electron chi connectivity index (χ1n) is 11.8. The van der Waals surface area contributed by atoms with Crippen molar-refractivity contribution in [2.45, 2.75) is 24.5 Å². The van der Waals surface area contributed by atoms with E-state index in [2.05, 4.69) is 15.6 Å². The minimum atomic E-state index is -5.52. The molecule has 1 aromatic heterocycles. The Morgan fingerprint density at radius 3 is 2.41 bits per heavy atom. The van der Waals surface area contributed by atoms with Gasteiger partial charge in [-0.25, -0.2) is 13.9 Å². The minimum absolute atomic E-state index is 0.0655. The van der Waals surface area contributed by atoms with E-state index < -0.39 is 70.7 Å². The highest BCUT2D eigenvalue weighted by molar-refractivity contribution is 5.90. The minimum Gasteiger partial charge on any atom is -0.409 e. The van der Waals surface area contributed by atoms with Gasteiger partial charge in [-0.15, -0.1) is 5.10 Å². The quantitative estimate of drug-likeness (QED) is 0.478. The van der Waals surface area contributed by atoms with Crippen LogP contribution < -0.4 is 15.0 Å². The van der Waals surface area contributed by atoms with Crippen molar-refractivity contribution in [1.82, 2.24) is 20.3 Å². The Morgan fingerprint density at radius 2 is 1.86 bits per heavy atom. The van der Waals surface area contributed by atoms with Crippen molar-refractivity contribution >= 4 is 11.8 Å². The van der Waals surface area contributed by atoms with E-state index in [0.29, 0.717) is 0 Å². The van der Waals surface area contributed by atoms with Crippen molar-refractivity contribution < 1.29 is 49.5 Å². The summed E-state index contributed by atoms with van der Waals surface area (Å²) < 4.78 is 125. The summed E-state index contributed by atoms with van der Waals surface area (Å²) in [5.74, 6) is -2.30. The van der Waals surface area contributed by atoms with Gasteiger partial charge in [0.2, 0.25) is 0 Å². The summed E-state index contributed by atoms with van der Waals surface area (Å²) in [6.45, 7) is -3.30. The fraction of sp³-hybridized carbons (Fsp3) is 0.318. The molecule has 15 heteroatoms. The second kappa shape index (κ2) is 9.30. The maximum Gasteiger partial charge on any atom is 0.420 e. The van der Waals surface area contributed by atoms with Crippen LogP contribution in [0.3, 0.4) is 0 Å². The molecule has 1 aliphatic rings. The summed E-state index contributed by atoms with van der Waals surface area (Å²) in [7, 11) is 0. The van der Waals surface area contributed by atoms with Crippen LogP contribution in [0, 0.1) is 5.82 Å². The lowest BCUT2D eigenvalue weighted by atomic mass is 9.97. The maximum atomic E-state index is 14.0. The summed E-state index contributed by atoms with van der Waals surface area (Å²) in [4.78, 5) is 12.9. The number of rotatable bonds is 5. The number of anilines is 1. The molecule has 0 radical (unpaired) electrons. The molecular formula is C22H18F7N5O3. The third-order valence-electron chi connectivity index (χ3n) is 5.36. The second-order valence-electron chi connectivity index (χ2n) is 8.21. The van der Waals surface area contributed by atoms with Gasteiger partial charge in [0.1, 0.15) is 17.1 Å². The number of carbonyl (C=O) groups excluding carboxylic acids is 1. The van der Waals surface area contributed by atoms with Crippen LogP contribution in [0.5, 0.6) is 5.75 Å². The third kappa shape index (κ3) is 5.67. The predicted molar refractivity (Wildman–Crippen MR) is 114 cm³/mol. The molecule has 4 rings (SSSR count). The van der Waals surface area contributed by atoms with Crippen LogP contribution in [0.1, 0.15) is 15.2 Å². The predicted octanol–water partition coefficient (Wildman–Crippen LogP) is 4.09. The largest absolute Gasteiger partial charge is 0.420 e. The molecule has 0 bridgehead atoms. The zero-order valence-corrected chi connectivity index (χ0v) is 18.4. The number of halogens is 7. The van der Waals surface area contributed by atoms with E-state index in [4.69, 9.17) is 8.85 Å². The Balaban J connectivity index is 1.86. The third-order valence-corrected chi connectivity index (χ3v) is 5.36. The standard InChI is InChI=1S/C22H18F7N5O3/c1-33(14-4-2-13(23)3-5-14)19(35)37-18-15(6-12(21(24,25)26)7-16(18)22(27,28)29)17-8-34(32-31-17)11-20(36)9-30-10-20/h2-8,30,36H,9-11H2,1H3/i1D3. The number of hydrogen-bond acceptors (Lipinski definition) is 6. The van der Waals surface area contributed by atoms with E-state index >= 15 is 0 Å². The molecule has 2 aromatic carbocycles. The number of amides is 1. The van der Waals surface area contributed by atoms with Gasteiger partial charge in [-0.2, -0.15) is 26.3 Å². The van der Waals surface area contributed by atoms with E-state index in [-0.39, 0.29) is 36.7 Å². The van der Waals surface area contributed by atoms with Gasteiger partial charge in [0, 0.05) is 35.4 Å². The lowest BCUT2D eigenvalue weighted by Gasteiger charge is -2.37. The maximum absolute atomic E-state index is 14.0. The molecule has 0 saturated carbocycles. The number of nitrogens with zero attached hydrogens (tertiary/aromatic N) is 4. The normalized spacial score (nSPS) is 16.8. The Labute approximate surface area is 208 Å². The van der Waals surface area contributed by atoms with Crippen molar-refractivity contribution in [1.29, 1.82) is 0 Å². The molecule has 1 fully saturated rings. The van der Waals surface area contributed by atoms with Crippen LogP contribution in [0.4, 0.5) is 41.2 Å². The van der Waals surface area contributed by atoms with Crippen molar-refractivity contribution in [3.63, 3.8) is 0 Å². The molecule has 3 aromatic rings. The van der Waals surface area contributed by atoms with Crippen LogP contribution in [0.2, 0.25) is 0 Å². The Bertz CT molecular complexity index is 1400. The molecule has 37 heavy (non-hydrogen) atoms. The topological polar surface area (TPSA) is 92.5 Å². The molecule has 8 nitrogen and oxygen atoms in total. The van der Waals surface area contributed by atoms with Crippen LogP contribution in [-0.2, 0) is 18.9 Å². The Morgan fingerprint density at radius 1 is 1.19 bits per heavy atom. The van der Waals surface area contributed by atoms with Gasteiger partial charge in [0.25, 0.3) is 0 Å². The lowest BCUT2D eigenvalue weighted by molar-refractivity contribution is -0.143. The molecule has 1 aliphatic heterocycles. The number of carbonyl (C=O) groups is 1. The number of ether oxygens (including phenoxy) is 1. The molecule has 2 heterocycles. The Hall–Kier alpha value is -3.72. The molecule has 198 valence electrons. The molecule has 1 saturated heterocycles. The smallest absolute Gasteiger partial charge is 0.409 e. The first-order valence-corrected chi connectivity index (χ1v) is 10.3. The molecule has 1 amide bonds. The highest BCUT2D eigenvalue weighted by Crippen LogP contribution is 2.45. The number of aliphatic hydroxyl groups is 1. The van der Waals surface area contributed by atoms with Crippen molar-refractivity contribution in [3.05, 3.63) is 59.5 Å². The second-order valence-corrected chi connectivity index (χ2v) is 8.21. The highest BCUT2D eigenvalue weighted by Gasteiger charge is 2.42. The van der Waals surface area contributed by atoms with Gasteiger partial charge in [-0.3, -0.25) is 4.90 Å². The van der Waals surface area contributed by atoms with Gasteiger partial charge in [0.05, 0.1) is 23.9 Å². The lowest BCUT2D eigenvalue weighted by Crippen LogP contribution is -2.61. The van der Waals surface area contributed by atoms with Gasteiger partial charge >= 0.3 is 18.4 Å². The van der Waals surface area contributed by atoms with Gasteiger partial charge in [0.15, 0.2) is 5.75 Å². The van der Waals surface area contributed by atoms with Gasteiger partial charge < -0.3 is 15.2 Å². The number of aromatic nitrogens is 3. The number of alkyl halides is 6. The van der Waals surface area contributed by atoms with Crippen LogP contribution in [0.25, 0.3) is 11.3 Å². The molecular weight excluding hydrogens is 515 g/mol. The number of nitrogens with one attached hydrogen (secondary N) is 1. The van der Waals surface area contributed by atoms with Gasteiger partial charge in [-0.1, -0.05) is 5.21 Å². The van der Waals surface area contributed by atoms with Crippen molar-refractivity contribution in [2.75, 3.05) is 25.0 Å². The molecule has 2 N–H and O–H groups in total. The fourth-order valence-electron chi connectivity index (χ4n) is 3.46. The average molecular weight is 536 g/mol. The number of hydrogen-bond donors (Lipinski definition) is 2. The van der Waals surface area contributed by atoms with E-state index in [9.17, 15) is 40.6 Å². The summed E-state index contributed by atoms with van der Waals surface area (Å²) >= 11 is 0. The zero-order chi connectivity index (χ0) is 29.7. The van der Waals surface area contributed by atoms with E-state index in [1.165, 1.54) is 0 Å². The zero-order valence-electron chi connectivity index (χ0n) is 21.4. The molecule has 0 aliphatic carbocycles. The van der Waals surface area contributed by atoms with E-state index in [1.807, 2.05) is 0 Å². The van der Waals surface area contributed by atoms with E-state index in [0.717, 1.165) is 35.1 Å². The highest BCUT2D eigenvalue weighted by atomic mass is 19.4. The summed E-state index contributed by atoms with van der Waals surface area (Å²) in [5, 5.41) is 20.3. The molecule has 0 spiro atoms. The number of benzene rings is 2. The monoisotopic (exact) mass is 536 g/mol. The van der Waals surface area contributed by atoms with Crippen LogP contribution in [-0.4, -0.2) is 51.9 Å². The SMILES string of the molecule is [2H]C([2H])([2H])N(C(=O)Oc1c(-c2cn(CC3(O)CNC3)nn2)cc(C(F)(F)F)cc1C(F)(F)F)c1ccc(F)cc1. The van der Waals surface area contributed by atoms with Crippen LogP contribution >= 0.6 is 0 Å². The van der Waals surface area contributed by atoms with Gasteiger partial charge in [-0.05, 0) is 36.4 Å².